The molecule has 1 aliphatic carbocycles. The molecule has 1 amide bonds. The van der Waals surface area contributed by atoms with E-state index in [1.807, 2.05) is 31.2 Å². The number of carbonyl (C=O) groups is 1. The number of amides is 1. The minimum Gasteiger partial charge on any atom is -0.497 e. The van der Waals surface area contributed by atoms with E-state index in [0.29, 0.717) is 6.04 Å². The van der Waals surface area contributed by atoms with Crippen molar-refractivity contribution in [3.8, 4) is 5.75 Å². The van der Waals surface area contributed by atoms with Gasteiger partial charge in [-0.1, -0.05) is 37.8 Å². The number of nitrogens with two attached hydrogens (primary N) is 1. The van der Waals surface area contributed by atoms with Crippen LogP contribution >= 0.6 is 0 Å². The van der Waals surface area contributed by atoms with Gasteiger partial charge in [0.05, 0.1) is 7.11 Å². The Morgan fingerprint density at radius 1 is 1.29 bits per heavy atom. The molecule has 1 aromatic carbocycles. The van der Waals surface area contributed by atoms with E-state index >= 15 is 0 Å². The van der Waals surface area contributed by atoms with Gasteiger partial charge in [-0.15, -0.1) is 0 Å². The molecule has 0 radical (unpaired) electrons. The molecule has 0 bridgehead atoms. The van der Waals surface area contributed by atoms with Crippen LogP contribution in [0.25, 0.3) is 0 Å². The van der Waals surface area contributed by atoms with Crippen LogP contribution in [0.1, 0.15) is 51.0 Å². The molecule has 1 fully saturated rings. The summed E-state index contributed by atoms with van der Waals surface area (Å²) >= 11 is 0. The predicted octanol–water partition coefficient (Wildman–Crippen LogP) is 2.71. The van der Waals surface area contributed by atoms with Crippen LogP contribution in [-0.2, 0) is 10.3 Å². The van der Waals surface area contributed by atoms with Crippen molar-refractivity contribution in [1.82, 2.24) is 5.32 Å². The smallest absolute Gasteiger partial charge is 0.242 e. The molecule has 1 aromatic rings. The van der Waals surface area contributed by atoms with Gasteiger partial charge in [0.25, 0.3) is 0 Å². The minimum absolute atomic E-state index is 0.344. The predicted molar refractivity (Wildman–Crippen MR) is 84.2 cm³/mol. The lowest BCUT2D eigenvalue weighted by molar-refractivity contribution is -0.124. The largest absolute Gasteiger partial charge is 0.497 e. The highest BCUT2D eigenvalue weighted by molar-refractivity contribution is 5.85. The van der Waals surface area contributed by atoms with E-state index in [2.05, 4.69) is 5.32 Å². The first-order valence-corrected chi connectivity index (χ1v) is 7.78. The Hall–Kier alpha value is -1.55. The Morgan fingerprint density at radius 3 is 2.52 bits per heavy atom. The van der Waals surface area contributed by atoms with Gasteiger partial charge in [-0.2, -0.15) is 0 Å². The maximum atomic E-state index is 12.1. The molecule has 2 rings (SSSR count). The van der Waals surface area contributed by atoms with Crippen LogP contribution in [0.15, 0.2) is 24.3 Å². The second kappa shape index (κ2) is 6.94. The van der Waals surface area contributed by atoms with Crippen LogP contribution in [0.4, 0.5) is 0 Å². The first kappa shape index (κ1) is 15.8. The zero-order valence-corrected chi connectivity index (χ0v) is 13.0. The first-order valence-electron chi connectivity index (χ1n) is 7.78. The fraction of sp³-hybridized carbons (Fsp3) is 0.588. The summed E-state index contributed by atoms with van der Waals surface area (Å²) in [6, 6.07) is 7.92. The van der Waals surface area contributed by atoms with Crippen molar-refractivity contribution in [2.24, 2.45) is 5.73 Å². The third kappa shape index (κ3) is 3.76. The summed E-state index contributed by atoms with van der Waals surface area (Å²) in [6.45, 7) is 1.87. The second-order valence-corrected chi connectivity index (χ2v) is 6.05. The minimum atomic E-state index is -0.858. The van der Waals surface area contributed by atoms with Gasteiger partial charge < -0.3 is 10.5 Å². The van der Waals surface area contributed by atoms with Gasteiger partial charge in [-0.3, -0.25) is 10.1 Å². The number of primary amides is 1. The van der Waals surface area contributed by atoms with Crippen molar-refractivity contribution < 1.29 is 9.53 Å². The fourth-order valence-corrected chi connectivity index (χ4v) is 3.06. The van der Waals surface area contributed by atoms with Crippen molar-refractivity contribution in [3.63, 3.8) is 0 Å². The standard InChI is InChI=1S/C17H26N2O2/c1-17(16(18)20,13-8-7-11-15(12-13)21-2)19-14-9-5-3-4-6-10-14/h7-8,11-12,14,19H,3-6,9-10H2,1-2H3,(H2,18,20). The first-order chi connectivity index (χ1) is 10.1. The van der Waals surface area contributed by atoms with Crippen molar-refractivity contribution in [2.45, 2.75) is 57.0 Å². The van der Waals surface area contributed by atoms with Gasteiger partial charge in [0.15, 0.2) is 0 Å². The normalized spacial score (nSPS) is 19.5. The molecule has 0 aliphatic heterocycles. The summed E-state index contributed by atoms with van der Waals surface area (Å²) in [6.07, 6.45) is 7.20. The molecular weight excluding hydrogens is 264 g/mol. The lowest BCUT2D eigenvalue weighted by Gasteiger charge is -2.33. The van der Waals surface area contributed by atoms with E-state index in [1.54, 1.807) is 7.11 Å². The van der Waals surface area contributed by atoms with E-state index in [4.69, 9.17) is 10.5 Å². The van der Waals surface area contributed by atoms with Crippen LogP contribution in [0, 0.1) is 0 Å². The summed E-state index contributed by atoms with van der Waals surface area (Å²) in [5, 5.41) is 3.51. The number of nitrogens with one attached hydrogen (secondary N) is 1. The van der Waals surface area contributed by atoms with Crippen molar-refractivity contribution in [2.75, 3.05) is 7.11 Å². The zero-order valence-electron chi connectivity index (χ0n) is 13.0. The van der Waals surface area contributed by atoms with Gasteiger partial charge >= 0.3 is 0 Å². The summed E-state index contributed by atoms with van der Waals surface area (Å²) in [5.74, 6) is 0.391. The highest BCUT2D eigenvalue weighted by Crippen LogP contribution is 2.27. The molecular formula is C17H26N2O2. The van der Waals surface area contributed by atoms with Gasteiger partial charge in [-0.05, 0) is 37.5 Å². The Bertz CT molecular complexity index is 481. The van der Waals surface area contributed by atoms with Crippen LogP contribution in [0.5, 0.6) is 5.75 Å². The van der Waals surface area contributed by atoms with Gasteiger partial charge in [0, 0.05) is 6.04 Å². The van der Waals surface area contributed by atoms with Crippen molar-refractivity contribution in [1.29, 1.82) is 0 Å². The quantitative estimate of drug-likeness (QED) is 0.820. The number of rotatable bonds is 5. The molecule has 1 unspecified atom stereocenters. The summed E-state index contributed by atoms with van der Waals surface area (Å²) in [5.41, 5.74) is 5.71. The monoisotopic (exact) mass is 290 g/mol. The topological polar surface area (TPSA) is 64.3 Å². The molecule has 1 aliphatic rings. The summed E-state index contributed by atoms with van der Waals surface area (Å²) < 4.78 is 5.26. The van der Waals surface area contributed by atoms with E-state index in [9.17, 15) is 4.79 Å². The lowest BCUT2D eigenvalue weighted by Crippen LogP contribution is -2.54. The van der Waals surface area contributed by atoms with E-state index < -0.39 is 5.54 Å². The van der Waals surface area contributed by atoms with Crippen molar-refractivity contribution in [3.05, 3.63) is 29.8 Å². The molecule has 1 saturated carbocycles. The molecule has 1 atom stereocenters. The maximum absolute atomic E-state index is 12.1. The molecule has 4 heteroatoms. The number of ether oxygens (including phenoxy) is 1. The molecule has 116 valence electrons. The lowest BCUT2D eigenvalue weighted by atomic mass is 9.89. The molecule has 4 nitrogen and oxygen atoms in total. The zero-order chi connectivity index (χ0) is 15.3. The third-order valence-electron chi connectivity index (χ3n) is 4.49. The number of hydrogen-bond donors (Lipinski definition) is 2. The van der Waals surface area contributed by atoms with E-state index in [1.165, 1.54) is 25.7 Å². The van der Waals surface area contributed by atoms with Crippen molar-refractivity contribution >= 4 is 5.91 Å². The molecule has 0 saturated heterocycles. The van der Waals surface area contributed by atoms with Crippen LogP contribution in [0.2, 0.25) is 0 Å². The SMILES string of the molecule is COc1cccc(C(C)(NC2CCCCCC2)C(N)=O)c1. The molecule has 0 spiro atoms. The van der Waals surface area contributed by atoms with Crippen LogP contribution in [-0.4, -0.2) is 19.1 Å². The molecule has 3 N–H and O–H groups in total. The molecule has 21 heavy (non-hydrogen) atoms. The van der Waals surface area contributed by atoms with Gasteiger partial charge in [-0.25, -0.2) is 0 Å². The maximum Gasteiger partial charge on any atom is 0.242 e. The van der Waals surface area contributed by atoms with E-state index in [-0.39, 0.29) is 5.91 Å². The Labute approximate surface area is 127 Å². The highest BCUT2D eigenvalue weighted by Gasteiger charge is 2.35. The number of hydrogen-bond acceptors (Lipinski definition) is 3. The third-order valence-corrected chi connectivity index (χ3v) is 4.49. The highest BCUT2D eigenvalue weighted by atomic mass is 16.5. The Balaban J connectivity index is 2.24. The second-order valence-electron chi connectivity index (χ2n) is 6.05. The average Bonchev–Trinajstić information content (AvgIpc) is 2.75. The Morgan fingerprint density at radius 2 is 1.95 bits per heavy atom. The van der Waals surface area contributed by atoms with Gasteiger partial charge in [0.1, 0.15) is 11.3 Å². The van der Waals surface area contributed by atoms with E-state index in [0.717, 1.165) is 24.2 Å². The number of benzene rings is 1. The summed E-state index contributed by atoms with van der Waals surface area (Å²) in [4.78, 5) is 12.1. The van der Waals surface area contributed by atoms with Gasteiger partial charge in [0.2, 0.25) is 5.91 Å². The Kier molecular flexibility index (Phi) is 5.23. The number of carbonyl (C=O) groups excluding carboxylic acids is 1. The summed E-state index contributed by atoms with van der Waals surface area (Å²) in [7, 11) is 1.62. The molecule has 0 aromatic heterocycles. The fourth-order valence-electron chi connectivity index (χ4n) is 3.06. The van der Waals surface area contributed by atoms with Crippen LogP contribution in [0.3, 0.4) is 0 Å². The number of methoxy groups -OCH3 is 1. The van der Waals surface area contributed by atoms with Crippen LogP contribution < -0.4 is 15.8 Å². The average molecular weight is 290 g/mol. The molecule has 0 heterocycles.